The maximum Gasteiger partial charge on any atom is 0.263 e. The molecule has 0 aliphatic rings. The van der Waals surface area contributed by atoms with Gasteiger partial charge in [0.15, 0.2) is 18.1 Å². The Balaban J connectivity index is 1.44. The fourth-order valence-corrected chi connectivity index (χ4v) is 3.77. The Morgan fingerprint density at radius 3 is 2.74 bits per heavy atom. The molecule has 34 heavy (non-hydrogen) atoms. The van der Waals surface area contributed by atoms with Crippen LogP contribution in [0.25, 0.3) is 22.5 Å². The highest BCUT2D eigenvalue weighted by Gasteiger charge is 2.18. The summed E-state index contributed by atoms with van der Waals surface area (Å²) in [6.07, 6.45) is 3.10. The first kappa shape index (κ1) is 21.6. The number of aromatic nitrogens is 6. The second kappa shape index (κ2) is 8.95. The van der Waals surface area contributed by atoms with Crippen LogP contribution in [0.1, 0.15) is 11.3 Å². The molecule has 5 aromatic rings. The molecule has 170 valence electrons. The number of nitrogens with zero attached hydrogens (tertiary/aromatic N) is 6. The summed E-state index contributed by atoms with van der Waals surface area (Å²) in [5.74, 6) is 1.30. The third kappa shape index (κ3) is 4.20. The summed E-state index contributed by atoms with van der Waals surface area (Å²) in [5.41, 5.74) is 3.02. The van der Waals surface area contributed by atoms with Crippen LogP contribution in [0.4, 0.5) is 5.82 Å². The fraction of sp³-hybridized carbons (Fsp3) is 0.125. The third-order valence-corrected chi connectivity index (χ3v) is 5.38. The normalized spacial score (nSPS) is 11.0. The van der Waals surface area contributed by atoms with E-state index in [1.54, 1.807) is 33.8 Å². The van der Waals surface area contributed by atoms with Crippen LogP contribution in [0.3, 0.4) is 0 Å². The van der Waals surface area contributed by atoms with Gasteiger partial charge in [0.2, 0.25) is 0 Å². The Hall–Kier alpha value is -4.24. The molecule has 0 unspecified atom stereocenters. The summed E-state index contributed by atoms with van der Waals surface area (Å²) in [6.45, 7) is 3.63. The first-order chi connectivity index (χ1) is 16.5. The average molecular weight is 474 g/mol. The number of halogens is 1. The van der Waals surface area contributed by atoms with Crippen molar-refractivity contribution in [2.45, 2.75) is 13.8 Å². The van der Waals surface area contributed by atoms with Crippen molar-refractivity contribution in [2.75, 3.05) is 11.9 Å². The number of fused-ring (bicyclic) bond motifs is 1. The van der Waals surface area contributed by atoms with Crippen molar-refractivity contribution in [3.8, 4) is 17.3 Å². The van der Waals surface area contributed by atoms with E-state index in [2.05, 4.69) is 25.5 Å². The van der Waals surface area contributed by atoms with E-state index in [1.165, 1.54) is 6.33 Å². The van der Waals surface area contributed by atoms with Crippen molar-refractivity contribution in [2.24, 2.45) is 0 Å². The van der Waals surface area contributed by atoms with E-state index in [1.807, 2.05) is 50.2 Å². The number of para-hydroxylation sites is 1. The molecule has 1 N–H and O–H groups in total. The predicted molar refractivity (Wildman–Crippen MR) is 129 cm³/mol. The number of rotatable bonds is 6. The molecule has 10 heteroatoms. The summed E-state index contributed by atoms with van der Waals surface area (Å²) in [6, 6.07) is 16.6. The van der Waals surface area contributed by atoms with Gasteiger partial charge < -0.3 is 10.1 Å². The quantitative estimate of drug-likeness (QED) is 0.395. The monoisotopic (exact) mass is 473 g/mol. The molecule has 0 saturated carbocycles. The first-order valence-corrected chi connectivity index (χ1v) is 10.9. The van der Waals surface area contributed by atoms with Crippen molar-refractivity contribution >= 4 is 34.4 Å². The Labute approximate surface area is 200 Å². The number of anilines is 1. The summed E-state index contributed by atoms with van der Waals surface area (Å²) in [4.78, 5) is 21.5. The largest absolute Gasteiger partial charge is 0.483 e. The maximum atomic E-state index is 12.6. The molecule has 0 aliphatic carbocycles. The molecule has 0 atom stereocenters. The van der Waals surface area contributed by atoms with Gasteiger partial charge in [0, 0.05) is 11.1 Å². The molecule has 0 saturated heterocycles. The lowest BCUT2D eigenvalue weighted by Gasteiger charge is -2.11. The van der Waals surface area contributed by atoms with Crippen molar-refractivity contribution in [1.82, 2.24) is 29.5 Å². The zero-order chi connectivity index (χ0) is 23.7. The van der Waals surface area contributed by atoms with Crippen molar-refractivity contribution in [3.05, 3.63) is 83.4 Å². The van der Waals surface area contributed by atoms with Gasteiger partial charge in [0.05, 0.1) is 23.0 Å². The van der Waals surface area contributed by atoms with Gasteiger partial charge >= 0.3 is 0 Å². The number of ether oxygens (including phenoxy) is 1. The number of carbonyl (C=O) groups excluding carboxylic acids is 1. The lowest BCUT2D eigenvalue weighted by molar-refractivity contribution is -0.118. The Bertz CT molecular complexity index is 1510. The minimum absolute atomic E-state index is 0.138. The van der Waals surface area contributed by atoms with Crippen LogP contribution in [-0.4, -0.2) is 42.0 Å². The smallest absolute Gasteiger partial charge is 0.263 e. The summed E-state index contributed by atoms with van der Waals surface area (Å²) >= 11 is 6.15. The molecule has 0 aliphatic heterocycles. The summed E-state index contributed by atoms with van der Waals surface area (Å²) in [7, 11) is 0. The molecule has 3 aromatic heterocycles. The van der Waals surface area contributed by atoms with E-state index in [4.69, 9.17) is 16.3 Å². The molecule has 5 rings (SSSR count). The van der Waals surface area contributed by atoms with E-state index < -0.39 is 0 Å². The number of amides is 1. The Morgan fingerprint density at radius 2 is 1.91 bits per heavy atom. The van der Waals surface area contributed by atoms with Crippen LogP contribution in [0.5, 0.6) is 5.75 Å². The van der Waals surface area contributed by atoms with Crippen LogP contribution in [0.15, 0.2) is 67.1 Å². The van der Waals surface area contributed by atoms with Crippen LogP contribution in [-0.2, 0) is 4.79 Å². The number of nitrogens with one attached hydrogen (secondary N) is 1. The molecule has 0 fully saturated rings. The highest BCUT2D eigenvalue weighted by molar-refractivity contribution is 6.30. The fourth-order valence-electron chi connectivity index (χ4n) is 3.59. The van der Waals surface area contributed by atoms with Gasteiger partial charge in [-0.05, 0) is 43.7 Å². The number of carbonyl (C=O) groups is 1. The van der Waals surface area contributed by atoms with Crippen molar-refractivity contribution in [1.29, 1.82) is 0 Å². The molecule has 0 spiro atoms. The SMILES string of the molecule is Cc1cc(NC(=O)COc2ccccc2C)n(-c2ncnc3c2cnn3-c2cccc(Cl)c2)n1. The van der Waals surface area contributed by atoms with Gasteiger partial charge in [0.25, 0.3) is 5.91 Å². The van der Waals surface area contributed by atoms with Gasteiger partial charge in [-0.15, -0.1) is 0 Å². The van der Waals surface area contributed by atoms with E-state index in [-0.39, 0.29) is 12.5 Å². The number of benzene rings is 2. The van der Waals surface area contributed by atoms with Gasteiger partial charge in [-0.25, -0.2) is 14.6 Å². The standard InChI is InChI=1S/C24H20ClN7O2/c1-15-6-3-4-9-20(15)34-13-22(33)29-21-10-16(2)30-32(21)24-19-12-28-31(23(19)26-14-27-24)18-8-5-7-17(25)11-18/h3-12,14H,13H2,1-2H3,(H,29,33). The minimum Gasteiger partial charge on any atom is -0.483 e. The van der Waals surface area contributed by atoms with Gasteiger partial charge in [0.1, 0.15) is 17.9 Å². The lowest BCUT2D eigenvalue weighted by Crippen LogP contribution is -2.22. The third-order valence-electron chi connectivity index (χ3n) is 5.15. The van der Waals surface area contributed by atoms with E-state index in [0.717, 1.165) is 11.3 Å². The van der Waals surface area contributed by atoms with Gasteiger partial charge in [-0.1, -0.05) is 35.9 Å². The van der Waals surface area contributed by atoms with Crippen molar-refractivity contribution in [3.63, 3.8) is 0 Å². The van der Waals surface area contributed by atoms with Gasteiger partial charge in [-0.2, -0.15) is 14.9 Å². The average Bonchev–Trinajstić information content (AvgIpc) is 3.41. The molecule has 1 amide bonds. The molecule has 9 nitrogen and oxygen atoms in total. The number of hydrogen-bond donors (Lipinski definition) is 1. The zero-order valence-electron chi connectivity index (χ0n) is 18.4. The van der Waals surface area contributed by atoms with Gasteiger partial charge in [-0.3, -0.25) is 4.79 Å². The first-order valence-electron chi connectivity index (χ1n) is 10.5. The van der Waals surface area contributed by atoms with E-state index in [0.29, 0.717) is 39.1 Å². The van der Waals surface area contributed by atoms with Crippen LogP contribution in [0, 0.1) is 13.8 Å². The maximum absolute atomic E-state index is 12.6. The Kier molecular flexibility index (Phi) is 5.69. The lowest BCUT2D eigenvalue weighted by atomic mass is 10.2. The minimum atomic E-state index is -0.315. The van der Waals surface area contributed by atoms with Crippen molar-refractivity contribution < 1.29 is 9.53 Å². The second-order valence-electron chi connectivity index (χ2n) is 7.66. The van der Waals surface area contributed by atoms with Crippen LogP contribution < -0.4 is 10.1 Å². The summed E-state index contributed by atoms with van der Waals surface area (Å²) < 4.78 is 8.91. The predicted octanol–water partition coefficient (Wildman–Crippen LogP) is 4.29. The van der Waals surface area contributed by atoms with E-state index in [9.17, 15) is 4.79 Å². The number of hydrogen-bond acceptors (Lipinski definition) is 6. The molecule has 0 bridgehead atoms. The second-order valence-corrected chi connectivity index (χ2v) is 8.09. The highest BCUT2D eigenvalue weighted by atomic mass is 35.5. The summed E-state index contributed by atoms with van der Waals surface area (Å²) in [5, 5.41) is 13.1. The molecular weight excluding hydrogens is 454 g/mol. The van der Waals surface area contributed by atoms with Crippen LogP contribution in [0.2, 0.25) is 5.02 Å². The van der Waals surface area contributed by atoms with E-state index >= 15 is 0 Å². The Morgan fingerprint density at radius 1 is 1.06 bits per heavy atom. The molecular formula is C24H20ClN7O2. The zero-order valence-corrected chi connectivity index (χ0v) is 19.2. The molecule has 2 aromatic carbocycles. The number of aryl methyl sites for hydroxylation is 2. The molecule has 3 heterocycles. The topological polar surface area (TPSA) is 99.7 Å². The molecule has 0 radical (unpaired) electrons. The van der Waals surface area contributed by atoms with Crippen LogP contribution >= 0.6 is 11.6 Å². The highest BCUT2D eigenvalue weighted by Crippen LogP contribution is 2.25.